The summed E-state index contributed by atoms with van der Waals surface area (Å²) < 4.78 is 15.9. The van der Waals surface area contributed by atoms with E-state index in [1.165, 1.54) is 14.2 Å². The Hall–Kier alpha value is -1.71. The molecule has 0 aliphatic rings. The topological polar surface area (TPSA) is 44.8 Å². The second kappa shape index (κ2) is 5.39. The summed E-state index contributed by atoms with van der Waals surface area (Å²) >= 11 is 0. The smallest absolute Gasteiger partial charge is 0.233 e. The highest BCUT2D eigenvalue weighted by molar-refractivity contribution is 5.78. The summed E-state index contributed by atoms with van der Waals surface area (Å²) in [5.74, 6) is 1.43. The first-order valence-corrected chi connectivity index (χ1v) is 4.93. The molecule has 0 aromatic heterocycles. The molecule has 4 nitrogen and oxygen atoms in total. The third-order valence-electron chi connectivity index (χ3n) is 1.93. The van der Waals surface area contributed by atoms with Gasteiger partial charge in [-0.2, -0.15) is 0 Å². The monoisotopic (exact) mass is 223 g/mol. The van der Waals surface area contributed by atoms with Gasteiger partial charge in [0.1, 0.15) is 0 Å². The van der Waals surface area contributed by atoms with Gasteiger partial charge in [0.25, 0.3) is 0 Å². The molecule has 1 aromatic carbocycles. The number of rotatable bonds is 5. The lowest BCUT2D eigenvalue weighted by Crippen LogP contribution is -2.08. The maximum Gasteiger partial charge on any atom is 0.233 e. The molecule has 0 unspecified atom stereocenters. The zero-order valence-corrected chi connectivity index (χ0v) is 9.87. The molecule has 0 aliphatic carbocycles. The predicted molar refractivity (Wildman–Crippen MR) is 60.1 cm³/mol. The van der Waals surface area contributed by atoms with Crippen molar-refractivity contribution in [3.05, 3.63) is 17.7 Å². The molecule has 0 fully saturated rings. The highest BCUT2D eigenvalue weighted by Gasteiger charge is 2.15. The largest absolute Gasteiger partial charge is 0.493 e. The molecule has 0 N–H and O–H groups in total. The van der Waals surface area contributed by atoms with Crippen LogP contribution in [-0.4, -0.2) is 26.6 Å². The third-order valence-corrected chi connectivity index (χ3v) is 1.93. The Bertz CT molecular complexity index is 346. The fraction of sp³-hybridized carbons (Fsp3) is 0.417. The van der Waals surface area contributed by atoms with Gasteiger partial charge < -0.3 is 14.2 Å². The van der Waals surface area contributed by atoms with Gasteiger partial charge in [-0.05, 0) is 26.0 Å². The Labute approximate surface area is 95.1 Å². The van der Waals surface area contributed by atoms with E-state index in [9.17, 15) is 4.79 Å². The van der Waals surface area contributed by atoms with Crippen LogP contribution in [0, 0.1) is 0 Å². The second-order valence-corrected chi connectivity index (χ2v) is 3.48. The van der Waals surface area contributed by atoms with E-state index in [0.717, 1.165) is 0 Å². The summed E-state index contributed by atoms with van der Waals surface area (Å²) in [7, 11) is 3.02. The molecule has 1 aromatic rings. The molecule has 0 aliphatic heterocycles. The van der Waals surface area contributed by atoms with Crippen LogP contribution in [0.4, 0.5) is 0 Å². The summed E-state index contributed by atoms with van der Waals surface area (Å²) in [6, 6.07) is 3.13. The number of benzene rings is 1. The number of hydrogen-bond acceptors (Lipinski definition) is 4. The molecule has 1 rings (SSSR count). The standard InChI is InChI=1S/C12H15O4/c1-8(2)16-12-10(14-3)5-9(7-13)6-11(12)15-4/h5-6,8H,1-4H3. The van der Waals surface area contributed by atoms with Crippen molar-refractivity contribution in [1.82, 2.24) is 0 Å². The van der Waals surface area contributed by atoms with Crippen LogP contribution in [0.2, 0.25) is 0 Å². The molecule has 0 spiro atoms. The normalized spacial score (nSPS) is 10.1. The first-order chi connectivity index (χ1) is 7.62. The van der Waals surface area contributed by atoms with Gasteiger partial charge in [-0.25, -0.2) is 0 Å². The van der Waals surface area contributed by atoms with Gasteiger partial charge in [-0.3, -0.25) is 4.79 Å². The zero-order chi connectivity index (χ0) is 12.1. The summed E-state index contributed by atoms with van der Waals surface area (Å²) in [6.45, 7) is 3.80. The van der Waals surface area contributed by atoms with Gasteiger partial charge in [0.05, 0.1) is 20.3 Å². The van der Waals surface area contributed by atoms with Crippen LogP contribution in [-0.2, 0) is 4.79 Å². The second-order valence-electron chi connectivity index (χ2n) is 3.48. The van der Waals surface area contributed by atoms with Crippen LogP contribution in [0.15, 0.2) is 12.1 Å². The first kappa shape index (κ1) is 12.4. The lowest BCUT2D eigenvalue weighted by atomic mass is 10.2. The quantitative estimate of drug-likeness (QED) is 0.765. The Morgan fingerprint density at radius 3 is 1.94 bits per heavy atom. The number of ether oxygens (including phenoxy) is 3. The van der Waals surface area contributed by atoms with E-state index in [4.69, 9.17) is 14.2 Å². The molecule has 4 heteroatoms. The van der Waals surface area contributed by atoms with E-state index in [2.05, 4.69) is 0 Å². The third kappa shape index (κ3) is 2.66. The van der Waals surface area contributed by atoms with Gasteiger partial charge in [0.2, 0.25) is 12.0 Å². The molecular formula is C12H15O4. The van der Waals surface area contributed by atoms with Gasteiger partial charge in [-0.15, -0.1) is 0 Å². The fourth-order valence-electron chi connectivity index (χ4n) is 1.29. The predicted octanol–water partition coefficient (Wildman–Crippen LogP) is 1.95. The van der Waals surface area contributed by atoms with E-state index in [0.29, 0.717) is 22.8 Å². The summed E-state index contributed by atoms with van der Waals surface area (Å²) in [5, 5.41) is 0. The molecule has 16 heavy (non-hydrogen) atoms. The summed E-state index contributed by atoms with van der Waals surface area (Å²) in [4.78, 5) is 10.6. The van der Waals surface area contributed by atoms with E-state index in [1.807, 2.05) is 13.8 Å². The van der Waals surface area contributed by atoms with Crippen LogP contribution >= 0.6 is 0 Å². The molecule has 0 amide bonds. The maximum atomic E-state index is 10.6. The molecule has 0 atom stereocenters. The Balaban J connectivity index is 3.25. The van der Waals surface area contributed by atoms with Crippen molar-refractivity contribution in [3.8, 4) is 17.2 Å². The summed E-state index contributed by atoms with van der Waals surface area (Å²) in [5.41, 5.74) is 0.366. The Morgan fingerprint density at radius 1 is 1.12 bits per heavy atom. The van der Waals surface area contributed by atoms with Gasteiger partial charge in [0.15, 0.2) is 11.5 Å². The molecule has 1 radical (unpaired) electrons. The molecule has 0 saturated carbocycles. The van der Waals surface area contributed by atoms with Crippen LogP contribution < -0.4 is 14.2 Å². The van der Waals surface area contributed by atoms with Crippen molar-refractivity contribution >= 4 is 6.29 Å². The van der Waals surface area contributed by atoms with Crippen molar-refractivity contribution in [1.29, 1.82) is 0 Å². The minimum Gasteiger partial charge on any atom is -0.493 e. The average Bonchev–Trinajstić information content (AvgIpc) is 2.28. The lowest BCUT2D eigenvalue weighted by Gasteiger charge is -2.16. The number of hydrogen-bond donors (Lipinski definition) is 0. The summed E-state index contributed by atoms with van der Waals surface area (Å²) in [6.07, 6.45) is 1.79. The SMILES string of the molecule is COc1cc([C]=O)cc(OC)c1OC(C)C. The highest BCUT2D eigenvalue weighted by Crippen LogP contribution is 2.38. The Kier molecular flexibility index (Phi) is 4.17. The molecule has 87 valence electrons. The molecular weight excluding hydrogens is 208 g/mol. The highest BCUT2D eigenvalue weighted by atomic mass is 16.5. The van der Waals surface area contributed by atoms with E-state index >= 15 is 0 Å². The molecule has 0 saturated heterocycles. The zero-order valence-electron chi connectivity index (χ0n) is 9.87. The van der Waals surface area contributed by atoms with Crippen LogP contribution in [0.5, 0.6) is 17.2 Å². The van der Waals surface area contributed by atoms with Crippen molar-refractivity contribution < 1.29 is 19.0 Å². The van der Waals surface area contributed by atoms with Crippen molar-refractivity contribution in [2.75, 3.05) is 14.2 Å². The molecule has 0 heterocycles. The Morgan fingerprint density at radius 2 is 1.62 bits per heavy atom. The van der Waals surface area contributed by atoms with Crippen LogP contribution in [0.3, 0.4) is 0 Å². The fourth-order valence-corrected chi connectivity index (χ4v) is 1.29. The van der Waals surface area contributed by atoms with E-state index in [1.54, 1.807) is 18.4 Å². The van der Waals surface area contributed by atoms with Crippen molar-refractivity contribution in [2.24, 2.45) is 0 Å². The van der Waals surface area contributed by atoms with E-state index in [-0.39, 0.29) is 6.10 Å². The minimum atomic E-state index is -0.00568. The lowest BCUT2D eigenvalue weighted by molar-refractivity contribution is 0.218. The van der Waals surface area contributed by atoms with Crippen molar-refractivity contribution in [2.45, 2.75) is 20.0 Å². The van der Waals surface area contributed by atoms with Crippen LogP contribution in [0.25, 0.3) is 0 Å². The number of carbonyl (C=O) groups excluding carboxylic acids is 1. The first-order valence-electron chi connectivity index (χ1n) is 4.93. The van der Waals surface area contributed by atoms with E-state index < -0.39 is 0 Å². The molecule has 0 bridgehead atoms. The maximum absolute atomic E-state index is 10.6. The van der Waals surface area contributed by atoms with Crippen molar-refractivity contribution in [3.63, 3.8) is 0 Å². The number of methoxy groups -OCH3 is 2. The minimum absolute atomic E-state index is 0.00568. The van der Waals surface area contributed by atoms with Crippen LogP contribution in [0.1, 0.15) is 19.4 Å². The average molecular weight is 223 g/mol. The van der Waals surface area contributed by atoms with Gasteiger partial charge in [0, 0.05) is 5.56 Å². The van der Waals surface area contributed by atoms with Gasteiger partial charge in [-0.1, -0.05) is 0 Å². The van der Waals surface area contributed by atoms with Gasteiger partial charge >= 0.3 is 0 Å².